The van der Waals surface area contributed by atoms with E-state index in [0.717, 1.165) is 0 Å². The molecular formula is C12H11BrN2O3. The molecule has 0 fully saturated rings. The maximum absolute atomic E-state index is 11.6. The van der Waals surface area contributed by atoms with Crippen molar-refractivity contribution in [3.8, 4) is 6.07 Å². The van der Waals surface area contributed by atoms with Gasteiger partial charge in [0, 0.05) is 11.0 Å². The third-order valence-corrected chi connectivity index (χ3v) is 2.68. The number of carbonyl (C=O) groups is 2. The topological polar surface area (TPSA) is 79.2 Å². The number of halogens is 1. The van der Waals surface area contributed by atoms with E-state index in [9.17, 15) is 9.59 Å². The van der Waals surface area contributed by atoms with Gasteiger partial charge in [-0.05, 0) is 28.1 Å². The fourth-order valence-electron chi connectivity index (χ4n) is 1.14. The quantitative estimate of drug-likeness (QED) is 0.662. The summed E-state index contributed by atoms with van der Waals surface area (Å²) in [5.74, 6) is -0.997. The molecule has 0 atom stereocenters. The van der Waals surface area contributed by atoms with Crippen LogP contribution < -0.4 is 5.32 Å². The highest BCUT2D eigenvalue weighted by Gasteiger charge is 2.12. The molecule has 0 unspecified atom stereocenters. The van der Waals surface area contributed by atoms with Crippen molar-refractivity contribution in [1.29, 1.82) is 5.26 Å². The van der Waals surface area contributed by atoms with Crippen LogP contribution >= 0.6 is 15.9 Å². The van der Waals surface area contributed by atoms with Gasteiger partial charge in [0.2, 0.25) is 0 Å². The monoisotopic (exact) mass is 310 g/mol. The van der Waals surface area contributed by atoms with E-state index in [2.05, 4.69) is 21.2 Å². The number of esters is 1. The van der Waals surface area contributed by atoms with Crippen molar-refractivity contribution >= 4 is 27.8 Å². The van der Waals surface area contributed by atoms with Crippen LogP contribution in [-0.4, -0.2) is 25.0 Å². The molecule has 18 heavy (non-hydrogen) atoms. The Bertz CT molecular complexity index is 482. The third kappa shape index (κ3) is 4.55. The van der Waals surface area contributed by atoms with Crippen LogP contribution in [-0.2, 0) is 9.53 Å². The van der Waals surface area contributed by atoms with Gasteiger partial charge >= 0.3 is 5.97 Å². The predicted octanol–water partition coefficient (Wildman–Crippen LogP) is 1.64. The van der Waals surface area contributed by atoms with Crippen LogP contribution in [0.5, 0.6) is 0 Å². The van der Waals surface area contributed by atoms with Gasteiger partial charge in [-0.15, -0.1) is 0 Å². The molecule has 0 aliphatic rings. The molecule has 0 spiro atoms. The van der Waals surface area contributed by atoms with E-state index in [4.69, 9.17) is 10.00 Å². The standard InChI is InChI=1S/C12H11BrN2O3/c13-10-5-2-1-4-9(10)12(17)18-8-11(16)15-7-3-6-14/h1-2,4-5H,3,7-8H2,(H,15,16). The smallest absolute Gasteiger partial charge is 0.339 e. The van der Waals surface area contributed by atoms with Crippen molar-refractivity contribution in [2.75, 3.05) is 13.2 Å². The first-order valence-corrected chi connectivity index (χ1v) is 5.99. The van der Waals surface area contributed by atoms with Gasteiger partial charge in [0.05, 0.1) is 18.1 Å². The Kier molecular flexibility index (Phi) is 5.88. The molecule has 0 saturated carbocycles. The molecular weight excluding hydrogens is 300 g/mol. The molecule has 0 saturated heterocycles. The van der Waals surface area contributed by atoms with E-state index in [1.165, 1.54) is 0 Å². The lowest BCUT2D eigenvalue weighted by molar-refractivity contribution is -0.124. The molecule has 0 aromatic heterocycles. The van der Waals surface area contributed by atoms with E-state index < -0.39 is 11.9 Å². The lowest BCUT2D eigenvalue weighted by atomic mass is 10.2. The normalized spacial score (nSPS) is 9.33. The van der Waals surface area contributed by atoms with Crippen LogP contribution in [0.25, 0.3) is 0 Å². The van der Waals surface area contributed by atoms with Gasteiger partial charge in [0.15, 0.2) is 6.61 Å². The van der Waals surface area contributed by atoms with Crippen molar-refractivity contribution in [2.45, 2.75) is 6.42 Å². The zero-order chi connectivity index (χ0) is 13.4. The van der Waals surface area contributed by atoms with Crippen LogP contribution in [0.1, 0.15) is 16.8 Å². The molecule has 0 aliphatic heterocycles. The number of ether oxygens (including phenoxy) is 1. The minimum Gasteiger partial charge on any atom is -0.452 e. The molecule has 5 nitrogen and oxygen atoms in total. The molecule has 0 bridgehead atoms. The van der Waals surface area contributed by atoms with E-state index in [1.54, 1.807) is 24.3 Å². The number of hydrogen-bond donors (Lipinski definition) is 1. The lowest BCUT2D eigenvalue weighted by Gasteiger charge is -2.06. The summed E-state index contributed by atoms with van der Waals surface area (Å²) in [6, 6.07) is 8.68. The summed E-state index contributed by atoms with van der Waals surface area (Å²) in [7, 11) is 0. The van der Waals surface area contributed by atoms with Crippen LogP contribution in [0, 0.1) is 11.3 Å². The molecule has 6 heteroatoms. The number of nitriles is 1. The Balaban J connectivity index is 2.40. The first-order chi connectivity index (χ1) is 8.65. The summed E-state index contributed by atoms with van der Waals surface area (Å²) < 4.78 is 5.45. The van der Waals surface area contributed by atoms with E-state index >= 15 is 0 Å². The first-order valence-electron chi connectivity index (χ1n) is 5.20. The van der Waals surface area contributed by atoms with Crippen molar-refractivity contribution in [3.05, 3.63) is 34.3 Å². The van der Waals surface area contributed by atoms with Gasteiger partial charge in [0.1, 0.15) is 0 Å². The van der Waals surface area contributed by atoms with Crippen LogP contribution in [0.2, 0.25) is 0 Å². The summed E-state index contributed by atoms with van der Waals surface area (Å²) in [5, 5.41) is 10.7. The van der Waals surface area contributed by atoms with Gasteiger partial charge in [-0.1, -0.05) is 12.1 Å². The van der Waals surface area contributed by atoms with Gasteiger partial charge in [-0.2, -0.15) is 5.26 Å². The Hall–Kier alpha value is -1.87. The molecule has 1 aromatic carbocycles. The van der Waals surface area contributed by atoms with Gasteiger partial charge < -0.3 is 10.1 Å². The van der Waals surface area contributed by atoms with E-state index in [0.29, 0.717) is 10.0 Å². The average Bonchev–Trinajstić information content (AvgIpc) is 2.37. The largest absolute Gasteiger partial charge is 0.452 e. The fourth-order valence-corrected chi connectivity index (χ4v) is 1.59. The van der Waals surface area contributed by atoms with Crippen LogP contribution in [0.4, 0.5) is 0 Å². The second kappa shape index (κ2) is 7.45. The van der Waals surface area contributed by atoms with Crippen LogP contribution in [0.3, 0.4) is 0 Å². The van der Waals surface area contributed by atoms with Gasteiger partial charge in [-0.25, -0.2) is 4.79 Å². The molecule has 94 valence electrons. The van der Waals surface area contributed by atoms with Gasteiger partial charge in [0.25, 0.3) is 5.91 Å². The summed E-state index contributed by atoms with van der Waals surface area (Å²) in [6.45, 7) is -0.104. The zero-order valence-electron chi connectivity index (χ0n) is 9.48. The average molecular weight is 311 g/mol. The summed E-state index contributed by atoms with van der Waals surface area (Å²) >= 11 is 3.22. The predicted molar refractivity (Wildman–Crippen MR) is 67.7 cm³/mol. The maximum atomic E-state index is 11.6. The summed E-state index contributed by atoms with van der Waals surface area (Å²) in [5.41, 5.74) is 0.363. The third-order valence-electron chi connectivity index (χ3n) is 1.99. The van der Waals surface area contributed by atoms with Gasteiger partial charge in [-0.3, -0.25) is 4.79 Å². The second-order valence-corrected chi connectivity index (χ2v) is 4.17. The molecule has 1 N–H and O–H groups in total. The summed E-state index contributed by atoms with van der Waals surface area (Å²) in [4.78, 5) is 22.8. The van der Waals surface area contributed by atoms with Crippen molar-refractivity contribution in [1.82, 2.24) is 5.32 Å². The Morgan fingerprint density at radius 3 is 2.78 bits per heavy atom. The highest BCUT2D eigenvalue weighted by atomic mass is 79.9. The fraction of sp³-hybridized carbons (Fsp3) is 0.250. The molecule has 0 radical (unpaired) electrons. The number of nitrogens with zero attached hydrogens (tertiary/aromatic N) is 1. The highest BCUT2D eigenvalue weighted by Crippen LogP contribution is 2.16. The van der Waals surface area contributed by atoms with E-state index in [1.807, 2.05) is 6.07 Å². The zero-order valence-corrected chi connectivity index (χ0v) is 11.1. The second-order valence-electron chi connectivity index (χ2n) is 3.31. The molecule has 1 rings (SSSR count). The number of nitrogens with one attached hydrogen (secondary N) is 1. The number of hydrogen-bond acceptors (Lipinski definition) is 4. The Morgan fingerprint density at radius 2 is 2.11 bits per heavy atom. The van der Waals surface area contributed by atoms with Crippen LogP contribution in [0.15, 0.2) is 28.7 Å². The number of amides is 1. The molecule has 0 heterocycles. The Labute approximate surface area is 113 Å². The highest BCUT2D eigenvalue weighted by molar-refractivity contribution is 9.10. The molecule has 1 amide bonds. The minimum absolute atomic E-state index is 0.226. The van der Waals surface area contributed by atoms with Crippen molar-refractivity contribution in [3.63, 3.8) is 0 Å². The number of rotatable bonds is 5. The SMILES string of the molecule is N#CCCNC(=O)COC(=O)c1ccccc1Br. The molecule has 0 aliphatic carbocycles. The first kappa shape index (κ1) is 14.2. The number of carbonyl (C=O) groups excluding carboxylic acids is 2. The van der Waals surface area contributed by atoms with Crippen molar-refractivity contribution in [2.24, 2.45) is 0 Å². The maximum Gasteiger partial charge on any atom is 0.339 e. The lowest BCUT2D eigenvalue weighted by Crippen LogP contribution is -2.29. The number of benzene rings is 1. The van der Waals surface area contributed by atoms with E-state index in [-0.39, 0.29) is 19.6 Å². The summed E-state index contributed by atoms with van der Waals surface area (Å²) in [6.07, 6.45) is 0.226. The Morgan fingerprint density at radius 1 is 1.39 bits per heavy atom. The molecule has 1 aromatic rings. The van der Waals surface area contributed by atoms with Crippen molar-refractivity contribution < 1.29 is 14.3 Å². The minimum atomic E-state index is -0.571.